The molecule has 0 aliphatic rings. The van der Waals surface area contributed by atoms with Crippen molar-refractivity contribution in [1.82, 2.24) is 9.97 Å². The number of nitrogens with one attached hydrogen (secondary N) is 2. The molecule has 0 fully saturated rings. The first-order valence-electron chi connectivity index (χ1n) is 4.44. The second kappa shape index (κ2) is 4.71. The van der Waals surface area contributed by atoms with E-state index in [4.69, 9.17) is 5.11 Å². The Labute approximate surface area is 114 Å². The Morgan fingerprint density at radius 3 is 2.78 bits per heavy atom. The topological polar surface area (TPSA) is 112 Å². The molecule has 3 N–H and O–H groups in total. The van der Waals surface area contributed by atoms with Crippen molar-refractivity contribution < 1.29 is 18.3 Å². The number of H-pyrrole nitrogens is 1. The molecule has 10 heteroatoms. The number of thiazole rings is 1. The fourth-order valence-electron chi connectivity index (χ4n) is 1.13. The van der Waals surface area contributed by atoms with Crippen molar-refractivity contribution >= 4 is 48.4 Å². The second-order valence-electron chi connectivity index (χ2n) is 3.13. The molecule has 7 nitrogen and oxygen atoms in total. The zero-order valence-electron chi connectivity index (χ0n) is 8.55. The summed E-state index contributed by atoms with van der Waals surface area (Å²) in [5.74, 6) is -1.23. The lowest BCUT2D eigenvalue weighted by Crippen LogP contribution is -2.11. The van der Waals surface area contributed by atoms with Crippen LogP contribution in [0.3, 0.4) is 0 Å². The molecule has 2 rings (SSSR count). The molecule has 0 unspecified atom stereocenters. The fourth-order valence-corrected chi connectivity index (χ4v) is 3.47. The van der Waals surface area contributed by atoms with Crippen LogP contribution in [0.25, 0.3) is 0 Å². The number of sulfonamides is 1. The molecule has 18 heavy (non-hydrogen) atoms. The lowest BCUT2D eigenvalue weighted by atomic mass is 10.4. The minimum atomic E-state index is -3.83. The van der Waals surface area contributed by atoms with Crippen LogP contribution in [0.1, 0.15) is 10.5 Å². The number of aromatic carboxylic acids is 1. The Balaban J connectivity index is 2.27. The summed E-state index contributed by atoms with van der Waals surface area (Å²) in [5.41, 5.74) is -0.198. The average molecular weight is 352 g/mol. The molecule has 0 radical (unpaired) electrons. The van der Waals surface area contributed by atoms with E-state index >= 15 is 0 Å². The number of halogens is 1. The first kappa shape index (κ1) is 13.1. The van der Waals surface area contributed by atoms with Gasteiger partial charge in [0.05, 0.1) is 9.98 Å². The third kappa shape index (κ3) is 2.71. The summed E-state index contributed by atoms with van der Waals surface area (Å²) >= 11 is 4.27. The predicted molar refractivity (Wildman–Crippen MR) is 68.4 cm³/mol. The normalized spacial score (nSPS) is 11.4. The standard InChI is InChI=1S/C8H6BrN3O4S2/c9-6-3-11-8(17-6)12-18(15,16)4-1-5(7(13)14)10-2-4/h1-3,10H,(H,11,12)(H,13,14). The van der Waals surface area contributed by atoms with Crippen LogP contribution in [0.2, 0.25) is 0 Å². The van der Waals surface area contributed by atoms with E-state index in [0.717, 1.165) is 23.6 Å². The van der Waals surface area contributed by atoms with Crippen LogP contribution < -0.4 is 4.72 Å². The van der Waals surface area contributed by atoms with Crippen LogP contribution >= 0.6 is 27.3 Å². The number of aromatic nitrogens is 2. The number of anilines is 1. The summed E-state index contributed by atoms with van der Waals surface area (Å²) in [4.78, 5) is 16.7. The van der Waals surface area contributed by atoms with Gasteiger partial charge in [-0.2, -0.15) is 0 Å². The number of rotatable bonds is 4. The van der Waals surface area contributed by atoms with E-state index in [2.05, 4.69) is 30.6 Å². The number of aromatic amines is 1. The van der Waals surface area contributed by atoms with E-state index < -0.39 is 16.0 Å². The van der Waals surface area contributed by atoms with Crippen molar-refractivity contribution in [3.05, 3.63) is 27.9 Å². The van der Waals surface area contributed by atoms with Gasteiger partial charge < -0.3 is 10.1 Å². The molecular formula is C8H6BrN3O4S2. The number of carboxylic acids is 1. The first-order chi connectivity index (χ1) is 8.38. The van der Waals surface area contributed by atoms with Crippen molar-refractivity contribution in [2.75, 3.05) is 4.72 Å². The summed E-state index contributed by atoms with van der Waals surface area (Å²) in [7, 11) is -3.83. The zero-order valence-corrected chi connectivity index (χ0v) is 11.8. The molecule has 2 aromatic heterocycles. The maximum atomic E-state index is 11.9. The highest BCUT2D eigenvalue weighted by atomic mass is 79.9. The van der Waals surface area contributed by atoms with Gasteiger partial charge in [-0.25, -0.2) is 18.2 Å². The lowest BCUT2D eigenvalue weighted by molar-refractivity contribution is 0.0691. The molecule has 0 aromatic carbocycles. The van der Waals surface area contributed by atoms with E-state index in [1.54, 1.807) is 0 Å². The van der Waals surface area contributed by atoms with Crippen LogP contribution in [-0.2, 0) is 10.0 Å². The summed E-state index contributed by atoms with van der Waals surface area (Å²) < 4.78 is 26.7. The van der Waals surface area contributed by atoms with Crippen molar-refractivity contribution in [2.24, 2.45) is 0 Å². The maximum absolute atomic E-state index is 11.9. The third-order valence-electron chi connectivity index (χ3n) is 1.90. The van der Waals surface area contributed by atoms with E-state index in [1.165, 1.54) is 6.20 Å². The lowest BCUT2D eigenvalue weighted by Gasteiger charge is -2.01. The fraction of sp³-hybridized carbons (Fsp3) is 0. The highest BCUT2D eigenvalue weighted by Crippen LogP contribution is 2.25. The summed E-state index contributed by atoms with van der Waals surface area (Å²) in [6.45, 7) is 0. The zero-order chi connectivity index (χ0) is 13.3. The highest BCUT2D eigenvalue weighted by Gasteiger charge is 2.19. The molecular weight excluding hydrogens is 346 g/mol. The van der Waals surface area contributed by atoms with Gasteiger partial charge in [0, 0.05) is 6.20 Å². The molecule has 0 aliphatic carbocycles. The number of hydrogen-bond donors (Lipinski definition) is 3. The van der Waals surface area contributed by atoms with Gasteiger partial charge in [-0.05, 0) is 22.0 Å². The molecule has 0 bridgehead atoms. The third-order valence-corrected chi connectivity index (χ3v) is 4.74. The minimum absolute atomic E-state index is 0.161. The molecule has 2 heterocycles. The van der Waals surface area contributed by atoms with Gasteiger partial charge in [-0.15, -0.1) is 0 Å². The molecule has 96 valence electrons. The van der Waals surface area contributed by atoms with Crippen LogP contribution in [-0.4, -0.2) is 29.5 Å². The molecule has 0 amide bonds. The van der Waals surface area contributed by atoms with Gasteiger partial charge in [0.25, 0.3) is 10.0 Å². The van der Waals surface area contributed by atoms with Crippen molar-refractivity contribution in [3.63, 3.8) is 0 Å². The predicted octanol–water partition coefficient (Wildman–Crippen LogP) is 1.73. The molecule has 2 aromatic rings. The Morgan fingerprint density at radius 2 is 2.28 bits per heavy atom. The Kier molecular flexibility index (Phi) is 3.41. The smallest absolute Gasteiger partial charge is 0.352 e. The Morgan fingerprint density at radius 1 is 1.56 bits per heavy atom. The van der Waals surface area contributed by atoms with Gasteiger partial charge in [0.2, 0.25) is 0 Å². The molecule has 0 atom stereocenters. The first-order valence-corrected chi connectivity index (χ1v) is 7.53. The van der Waals surface area contributed by atoms with E-state index in [1.807, 2.05) is 0 Å². The Hall–Kier alpha value is -1.39. The largest absolute Gasteiger partial charge is 0.477 e. The molecule has 0 spiro atoms. The highest BCUT2D eigenvalue weighted by molar-refractivity contribution is 9.11. The maximum Gasteiger partial charge on any atom is 0.352 e. The monoisotopic (exact) mass is 351 g/mol. The van der Waals surface area contributed by atoms with Crippen molar-refractivity contribution in [1.29, 1.82) is 0 Å². The van der Waals surface area contributed by atoms with Gasteiger partial charge in [-0.1, -0.05) is 11.3 Å². The number of nitrogens with zero attached hydrogens (tertiary/aromatic N) is 1. The molecule has 0 saturated carbocycles. The SMILES string of the molecule is O=C(O)c1cc(S(=O)(=O)Nc2ncc(Br)s2)c[nH]1. The molecule has 0 saturated heterocycles. The number of hydrogen-bond acceptors (Lipinski definition) is 5. The summed E-state index contributed by atoms with van der Waals surface area (Å²) in [5, 5.41) is 8.89. The minimum Gasteiger partial charge on any atom is -0.477 e. The van der Waals surface area contributed by atoms with Crippen LogP contribution in [0.5, 0.6) is 0 Å². The van der Waals surface area contributed by atoms with Crippen LogP contribution in [0.4, 0.5) is 5.13 Å². The van der Waals surface area contributed by atoms with E-state index in [9.17, 15) is 13.2 Å². The quantitative estimate of drug-likeness (QED) is 0.776. The van der Waals surface area contributed by atoms with Crippen LogP contribution in [0.15, 0.2) is 27.1 Å². The van der Waals surface area contributed by atoms with Gasteiger partial charge >= 0.3 is 5.97 Å². The summed E-state index contributed by atoms with van der Waals surface area (Å²) in [6.07, 6.45) is 2.57. The number of carbonyl (C=O) groups is 1. The second-order valence-corrected chi connectivity index (χ2v) is 7.22. The van der Waals surface area contributed by atoms with Crippen LogP contribution in [0, 0.1) is 0 Å². The Bertz CT molecular complexity index is 691. The van der Waals surface area contributed by atoms with Gasteiger partial charge in [0.15, 0.2) is 5.13 Å². The van der Waals surface area contributed by atoms with E-state index in [0.29, 0.717) is 3.79 Å². The average Bonchev–Trinajstić information content (AvgIpc) is 2.86. The van der Waals surface area contributed by atoms with Crippen molar-refractivity contribution in [3.8, 4) is 0 Å². The van der Waals surface area contributed by atoms with Crippen molar-refractivity contribution in [2.45, 2.75) is 4.90 Å². The summed E-state index contributed by atoms with van der Waals surface area (Å²) in [6, 6.07) is 1.04. The molecule has 0 aliphatic heterocycles. The van der Waals surface area contributed by atoms with Gasteiger partial charge in [0.1, 0.15) is 10.6 Å². The number of carboxylic acid groups (broad SMARTS) is 1. The van der Waals surface area contributed by atoms with Gasteiger partial charge in [-0.3, -0.25) is 4.72 Å². The van der Waals surface area contributed by atoms with E-state index in [-0.39, 0.29) is 15.7 Å².